The maximum absolute atomic E-state index is 13.2. The van der Waals surface area contributed by atoms with Gasteiger partial charge in [0.05, 0.1) is 6.04 Å². The standard InChI is InChI=1S/C28H37BN8O/c1-34-14-16-36(17-15-34)23-10-12-35(13-11-23)20-21-6-8-22(9-7-21)28(38)33-37(24-4-2-3-5-24)27-25(29)19-31-26(18-30)32-27/h6-9,19,23-24H,2-5,10-17,20H2,1H3,(H,33,38). The van der Waals surface area contributed by atoms with Gasteiger partial charge in [-0.1, -0.05) is 25.0 Å². The van der Waals surface area contributed by atoms with Crippen molar-refractivity contribution in [3.05, 3.63) is 47.4 Å². The van der Waals surface area contributed by atoms with E-state index < -0.39 is 0 Å². The molecule has 1 N–H and O–H groups in total. The highest BCUT2D eigenvalue weighted by Gasteiger charge is 2.28. The van der Waals surface area contributed by atoms with E-state index in [-0.39, 0.29) is 17.8 Å². The number of aromatic nitrogens is 2. The minimum absolute atomic E-state index is 0.0309. The lowest BCUT2D eigenvalue weighted by Crippen LogP contribution is -2.52. The smallest absolute Gasteiger partial charge is 0.269 e. The van der Waals surface area contributed by atoms with Crippen LogP contribution in [0.3, 0.4) is 0 Å². The summed E-state index contributed by atoms with van der Waals surface area (Å²) in [6, 6.07) is 10.6. The maximum Gasteiger partial charge on any atom is 0.269 e. The lowest BCUT2D eigenvalue weighted by Gasteiger charge is -2.42. The maximum atomic E-state index is 13.2. The van der Waals surface area contributed by atoms with Crippen LogP contribution in [0.4, 0.5) is 5.82 Å². The van der Waals surface area contributed by atoms with Crippen LogP contribution in [-0.2, 0) is 6.54 Å². The van der Waals surface area contributed by atoms with Crippen LogP contribution >= 0.6 is 0 Å². The number of likely N-dealkylation sites (N-methyl/N-ethyl adjacent to an activating group) is 1. The summed E-state index contributed by atoms with van der Waals surface area (Å²) in [5.41, 5.74) is 5.15. The Morgan fingerprint density at radius 1 is 1.08 bits per heavy atom. The number of piperidine rings is 1. The molecule has 1 saturated carbocycles. The first-order valence-electron chi connectivity index (χ1n) is 13.9. The zero-order valence-electron chi connectivity index (χ0n) is 22.3. The topological polar surface area (TPSA) is 91.6 Å². The Labute approximate surface area is 227 Å². The summed E-state index contributed by atoms with van der Waals surface area (Å²) in [5, 5.41) is 11.0. The minimum atomic E-state index is -0.215. The number of amides is 1. The van der Waals surface area contributed by atoms with E-state index in [9.17, 15) is 10.1 Å². The molecule has 3 fully saturated rings. The van der Waals surface area contributed by atoms with Gasteiger partial charge in [-0.15, -0.1) is 0 Å². The molecule has 2 aliphatic heterocycles. The van der Waals surface area contributed by atoms with E-state index in [0.717, 1.165) is 45.3 Å². The molecule has 2 radical (unpaired) electrons. The van der Waals surface area contributed by atoms with Crippen LogP contribution in [0.15, 0.2) is 30.5 Å². The van der Waals surface area contributed by atoms with Gasteiger partial charge >= 0.3 is 0 Å². The highest BCUT2D eigenvalue weighted by molar-refractivity contribution is 6.35. The molecule has 38 heavy (non-hydrogen) atoms. The van der Waals surface area contributed by atoms with Crippen molar-refractivity contribution >= 4 is 25.0 Å². The van der Waals surface area contributed by atoms with Crippen LogP contribution in [0.1, 0.15) is 60.3 Å². The molecule has 10 heteroatoms. The Morgan fingerprint density at radius 3 is 2.42 bits per heavy atom. The number of hydrogen-bond acceptors (Lipinski definition) is 8. The molecule has 5 rings (SSSR count). The van der Waals surface area contributed by atoms with Gasteiger partial charge in [0.15, 0.2) is 0 Å². The average molecular weight is 512 g/mol. The molecule has 0 unspecified atom stereocenters. The fourth-order valence-electron chi connectivity index (χ4n) is 5.93. The average Bonchev–Trinajstić information content (AvgIpc) is 3.48. The lowest BCUT2D eigenvalue weighted by molar-refractivity contribution is 0.0658. The molecule has 198 valence electrons. The second-order valence-electron chi connectivity index (χ2n) is 10.9. The number of anilines is 1. The third-order valence-electron chi connectivity index (χ3n) is 8.27. The molecule has 1 aromatic carbocycles. The molecular weight excluding hydrogens is 475 g/mol. The fraction of sp³-hybridized carbons (Fsp3) is 0.571. The van der Waals surface area contributed by atoms with Gasteiger partial charge in [-0.05, 0) is 69.0 Å². The highest BCUT2D eigenvalue weighted by atomic mass is 16.2. The number of carbonyl (C=O) groups is 1. The molecule has 0 atom stereocenters. The first-order valence-corrected chi connectivity index (χ1v) is 13.9. The summed E-state index contributed by atoms with van der Waals surface area (Å²) in [5.74, 6) is 0.199. The lowest BCUT2D eigenvalue weighted by atomic mass is 9.98. The minimum Gasteiger partial charge on any atom is -0.304 e. The Morgan fingerprint density at radius 2 is 1.76 bits per heavy atom. The molecule has 3 aliphatic rings. The molecule has 2 aromatic rings. The number of nitriles is 1. The van der Waals surface area contributed by atoms with Crippen LogP contribution in [-0.4, -0.2) is 96.8 Å². The molecule has 1 amide bonds. The summed E-state index contributed by atoms with van der Waals surface area (Å²) >= 11 is 0. The van der Waals surface area contributed by atoms with Gasteiger partial charge in [-0.25, -0.2) is 9.97 Å². The van der Waals surface area contributed by atoms with E-state index in [1.54, 1.807) is 5.01 Å². The summed E-state index contributed by atoms with van der Waals surface area (Å²) in [7, 11) is 8.36. The molecular formula is C28H37BN8O. The summed E-state index contributed by atoms with van der Waals surface area (Å²) in [4.78, 5) is 29.1. The Hall–Kier alpha value is -3.00. The van der Waals surface area contributed by atoms with Crippen LogP contribution in [0.2, 0.25) is 0 Å². The van der Waals surface area contributed by atoms with Gasteiger partial charge in [0.1, 0.15) is 19.7 Å². The number of likely N-dealkylation sites (tertiary alicyclic amines) is 1. The van der Waals surface area contributed by atoms with Gasteiger partial charge in [0, 0.05) is 50.5 Å². The van der Waals surface area contributed by atoms with E-state index in [4.69, 9.17) is 7.85 Å². The third-order valence-corrected chi connectivity index (χ3v) is 8.27. The van der Waals surface area contributed by atoms with Crippen LogP contribution in [0, 0.1) is 11.3 Å². The molecule has 3 heterocycles. The number of piperazine rings is 1. The molecule has 2 saturated heterocycles. The third kappa shape index (κ3) is 6.34. The van der Waals surface area contributed by atoms with E-state index >= 15 is 0 Å². The first-order chi connectivity index (χ1) is 18.5. The summed E-state index contributed by atoms with van der Waals surface area (Å²) in [6.07, 6.45) is 7.88. The zero-order chi connectivity index (χ0) is 26.5. The Kier molecular flexibility index (Phi) is 8.57. The SMILES string of the molecule is [B]c1cnc(C#N)nc1N(NC(=O)c1ccc(CN2CCC(N3CCN(C)CC3)CC2)cc1)C1CCCC1. The number of hydrazine groups is 1. The van der Waals surface area contributed by atoms with E-state index in [2.05, 4.69) is 37.1 Å². The second kappa shape index (κ2) is 12.2. The van der Waals surface area contributed by atoms with Gasteiger partial charge in [-0.3, -0.25) is 25.0 Å². The van der Waals surface area contributed by atoms with E-state index in [0.29, 0.717) is 22.9 Å². The van der Waals surface area contributed by atoms with Crippen LogP contribution in [0.5, 0.6) is 0 Å². The quantitative estimate of drug-likeness (QED) is 0.441. The molecule has 0 bridgehead atoms. The van der Waals surface area contributed by atoms with E-state index in [1.807, 2.05) is 30.3 Å². The van der Waals surface area contributed by atoms with Crippen molar-refractivity contribution in [3.8, 4) is 6.07 Å². The van der Waals surface area contributed by atoms with Crippen LogP contribution < -0.4 is 15.9 Å². The van der Waals surface area contributed by atoms with Crippen molar-refractivity contribution < 1.29 is 4.79 Å². The molecule has 1 aromatic heterocycles. The largest absolute Gasteiger partial charge is 0.304 e. The number of carbonyl (C=O) groups excluding carboxylic acids is 1. The molecule has 1 aliphatic carbocycles. The predicted octanol–water partition coefficient (Wildman–Crippen LogP) is 1.45. The van der Waals surface area contributed by atoms with Gasteiger partial charge in [0.2, 0.25) is 5.82 Å². The van der Waals surface area contributed by atoms with Crippen molar-refractivity contribution in [2.45, 2.75) is 57.2 Å². The zero-order valence-corrected chi connectivity index (χ0v) is 22.3. The number of hydrogen-bond donors (Lipinski definition) is 1. The normalized spacial score (nSPS) is 20.3. The fourth-order valence-corrected chi connectivity index (χ4v) is 5.93. The van der Waals surface area contributed by atoms with Gasteiger partial charge in [0.25, 0.3) is 5.91 Å². The first kappa shape index (κ1) is 26.6. The van der Waals surface area contributed by atoms with E-state index in [1.165, 1.54) is 50.8 Å². The second-order valence-corrected chi connectivity index (χ2v) is 10.9. The summed E-state index contributed by atoms with van der Waals surface area (Å²) in [6.45, 7) is 7.84. The van der Waals surface area contributed by atoms with Crippen molar-refractivity contribution in [3.63, 3.8) is 0 Å². The van der Waals surface area contributed by atoms with Gasteiger partial charge in [-0.2, -0.15) is 5.26 Å². The number of rotatable bonds is 7. The number of nitrogens with one attached hydrogen (secondary N) is 1. The molecule has 9 nitrogen and oxygen atoms in total. The Balaban J connectivity index is 1.18. The van der Waals surface area contributed by atoms with Crippen LogP contribution in [0.25, 0.3) is 0 Å². The van der Waals surface area contributed by atoms with Crippen molar-refractivity contribution in [1.82, 2.24) is 30.1 Å². The summed E-state index contributed by atoms with van der Waals surface area (Å²) < 4.78 is 0. The number of benzene rings is 1. The van der Waals surface area contributed by atoms with Gasteiger partial charge < -0.3 is 4.90 Å². The highest BCUT2D eigenvalue weighted by Crippen LogP contribution is 2.25. The Bertz CT molecular complexity index is 1130. The van der Waals surface area contributed by atoms with Crippen molar-refractivity contribution in [2.75, 3.05) is 51.3 Å². The van der Waals surface area contributed by atoms with Crippen molar-refractivity contribution in [2.24, 2.45) is 0 Å². The predicted molar refractivity (Wildman–Crippen MR) is 148 cm³/mol. The monoisotopic (exact) mass is 512 g/mol. The molecule has 0 spiro atoms. The number of nitrogens with zero attached hydrogens (tertiary/aromatic N) is 7. The van der Waals surface area contributed by atoms with Crippen molar-refractivity contribution in [1.29, 1.82) is 5.26 Å².